The fraction of sp³-hybridized carbons (Fsp3) is 0.903. The molecule has 3 aliphatic heterocycles. The van der Waals surface area contributed by atoms with Crippen LogP contribution in [0.2, 0.25) is 0 Å². The number of unbranched alkanes of at least 4 members (excludes halogenated alkanes) is 37. The average Bonchev–Trinajstić information content (AvgIpc) is 1.05. The number of allylic oxidation sites excluding steroid dienone is 5. The van der Waals surface area contributed by atoms with Gasteiger partial charge in [-0.2, -0.15) is 0 Å². The van der Waals surface area contributed by atoms with Crippen molar-refractivity contribution in [3.63, 3.8) is 0 Å². The van der Waals surface area contributed by atoms with E-state index < -0.39 is 124 Å². The van der Waals surface area contributed by atoms with Gasteiger partial charge in [0.1, 0.15) is 73.2 Å². The van der Waals surface area contributed by atoms with Crippen LogP contribution in [-0.4, -0.2) is 193 Å². The second-order valence-electron chi connectivity index (χ2n) is 26.4. The zero-order valence-corrected chi connectivity index (χ0v) is 56.6. The lowest BCUT2D eigenvalue weighted by atomic mass is 9.96. The van der Waals surface area contributed by atoms with Crippen LogP contribution < -0.4 is 5.32 Å². The highest BCUT2D eigenvalue weighted by Crippen LogP contribution is 2.33. The van der Waals surface area contributed by atoms with Crippen LogP contribution in [0, 0.1) is 0 Å². The van der Waals surface area contributed by atoms with Crippen molar-refractivity contribution < 1.29 is 89.4 Å². The maximum atomic E-state index is 13.4. The smallest absolute Gasteiger partial charge is 0.220 e. The van der Waals surface area contributed by atoms with Gasteiger partial charge in [0, 0.05) is 6.42 Å². The second kappa shape index (κ2) is 54.1. The number of carbonyl (C=O) groups is 1. The molecule has 534 valence electrons. The summed E-state index contributed by atoms with van der Waals surface area (Å²) in [6.07, 6.45) is 37.4. The molecule has 91 heavy (non-hydrogen) atoms. The minimum absolute atomic E-state index is 0.247. The molecule has 3 rings (SSSR count). The van der Waals surface area contributed by atoms with Gasteiger partial charge in [0.15, 0.2) is 18.9 Å². The summed E-state index contributed by atoms with van der Waals surface area (Å²) in [5.74, 6) is -0.273. The van der Waals surface area contributed by atoms with E-state index >= 15 is 0 Å². The standard InChI is InChI=1S/C72H133NO18/c1-3-5-7-9-11-13-15-16-17-18-19-20-21-22-23-24-25-26-27-28-29-30-31-32-33-34-35-36-37-38-40-42-44-46-48-50-60(78)73-55(56(77)49-47-45-43-41-39-14-12-10-8-6-4-2)54-86-70-66(84)63(81)68(58(52-75)88-70)91-72-67(85)64(82)69(59(53-76)89-72)90-71-65(83)62(80)61(79)57(51-74)87-71/h15-16,18-19,47,49,55-59,61-72,74-77,79-85H,3-14,17,20-46,48,50-54H2,1-2H3,(H,73,78)/b16-15-,19-18-,49-47+. The molecule has 19 heteroatoms. The van der Waals surface area contributed by atoms with Crippen LogP contribution in [0.15, 0.2) is 36.5 Å². The summed E-state index contributed by atoms with van der Waals surface area (Å²) in [4.78, 5) is 13.4. The molecular weight excluding hydrogens is 1170 g/mol. The molecule has 3 fully saturated rings. The molecule has 3 saturated heterocycles. The van der Waals surface area contributed by atoms with Gasteiger partial charge < -0.3 is 89.9 Å². The van der Waals surface area contributed by atoms with E-state index in [4.69, 9.17) is 28.4 Å². The van der Waals surface area contributed by atoms with Crippen LogP contribution in [0.3, 0.4) is 0 Å². The molecular formula is C72H133NO18. The van der Waals surface area contributed by atoms with E-state index in [0.717, 1.165) is 51.4 Å². The molecule has 0 aromatic heterocycles. The van der Waals surface area contributed by atoms with Crippen LogP contribution >= 0.6 is 0 Å². The van der Waals surface area contributed by atoms with Gasteiger partial charge in [-0.15, -0.1) is 0 Å². The Kier molecular flexibility index (Phi) is 49.5. The lowest BCUT2D eigenvalue weighted by Crippen LogP contribution is -2.66. The number of hydrogen-bond acceptors (Lipinski definition) is 18. The van der Waals surface area contributed by atoms with E-state index in [9.17, 15) is 61.0 Å². The van der Waals surface area contributed by atoms with Crippen molar-refractivity contribution in [1.29, 1.82) is 0 Å². The average molecular weight is 1300 g/mol. The molecule has 0 radical (unpaired) electrons. The van der Waals surface area contributed by atoms with Crippen LogP contribution in [0.4, 0.5) is 0 Å². The molecule has 0 aliphatic carbocycles. The maximum absolute atomic E-state index is 13.4. The Hall–Kier alpha value is -1.99. The molecule has 17 unspecified atom stereocenters. The number of nitrogens with one attached hydrogen (secondary N) is 1. The van der Waals surface area contributed by atoms with Crippen molar-refractivity contribution in [2.45, 2.75) is 388 Å². The minimum Gasteiger partial charge on any atom is -0.394 e. The number of aliphatic hydroxyl groups excluding tert-OH is 11. The van der Waals surface area contributed by atoms with Crippen LogP contribution in [-0.2, 0) is 33.2 Å². The Morgan fingerprint density at radius 3 is 1.12 bits per heavy atom. The summed E-state index contributed by atoms with van der Waals surface area (Å²) in [5.41, 5.74) is 0. The van der Waals surface area contributed by atoms with Crippen LogP contribution in [0.1, 0.15) is 284 Å². The first-order valence-electron chi connectivity index (χ1n) is 36.7. The Balaban J connectivity index is 1.31. The molecule has 0 aromatic carbocycles. The molecule has 17 atom stereocenters. The molecule has 3 aliphatic rings. The fourth-order valence-corrected chi connectivity index (χ4v) is 12.5. The van der Waals surface area contributed by atoms with Gasteiger partial charge >= 0.3 is 0 Å². The lowest BCUT2D eigenvalue weighted by molar-refractivity contribution is -0.379. The van der Waals surface area contributed by atoms with Crippen molar-refractivity contribution in [1.82, 2.24) is 5.32 Å². The van der Waals surface area contributed by atoms with E-state index in [1.54, 1.807) is 6.08 Å². The largest absolute Gasteiger partial charge is 0.394 e. The molecule has 0 spiro atoms. The van der Waals surface area contributed by atoms with E-state index in [1.165, 1.54) is 205 Å². The summed E-state index contributed by atoms with van der Waals surface area (Å²) in [5, 5.41) is 120. The van der Waals surface area contributed by atoms with E-state index in [1.807, 2.05) is 6.08 Å². The predicted molar refractivity (Wildman–Crippen MR) is 356 cm³/mol. The first-order chi connectivity index (χ1) is 44.3. The van der Waals surface area contributed by atoms with Crippen molar-refractivity contribution in [3.05, 3.63) is 36.5 Å². The number of rotatable bonds is 57. The Morgan fingerprint density at radius 1 is 0.396 bits per heavy atom. The van der Waals surface area contributed by atoms with E-state index in [0.29, 0.717) is 6.42 Å². The lowest BCUT2D eigenvalue weighted by Gasteiger charge is -2.48. The third kappa shape index (κ3) is 35.7. The van der Waals surface area contributed by atoms with Gasteiger partial charge in [0.05, 0.1) is 38.6 Å². The summed E-state index contributed by atoms with van der Waals surface area (Å²) >= 11 is 0. The zero-order chi connectivity index (χ0) is 66.1. The van der Waals surface area contributed by atoms with Crippen molar-refractivity contribution in [3.8, 4) is 0 Å². The Bertz CT molecular complexity index is 1790. The van der Waals surface area contributed by atoms with Crippen LogP contribution in [0.25, 0.3) is 0 Å². The summed E-state index contributed by atoms with van der Waals surface area (Å²) in [6, 6.07) is -0.969. The van der Waals surface area contributed by atoms with Gasteiger partial charge in [-0.3, -0.25) is 4.79 Å². The highest BCUT2D eigenvalue weighted by molar-refractivity contribution is 5.76. The SMILES string of the molecule is CCCCCCC/C=C\C/C=C\CCCCCCCCCCCCCCCCCCCCCCCCCC(=O)NC(COC1OC(CO)C(OC2OC(CO)C(OC3OC(CO)C(O)C(O)C3O)C(O)C2O)C(O)C1O)C(O)/C=C/CCCCCCCCCCC. The molecule has 0 saturated carbocycles. The molecule has 3 heterocycles. The Morgan fingerprint density at radius 2 is 0.725 bits per heavy atom. The second-order valence-corrected chi connectivity index (χ2v) is 26.4. The third-order valence-electron chi connectivity index (χ3n) is 18.4. The molecule has 12 N–H and O–H groups in total. The third-order valence-corrected chi connectivity index (χ3v) is 18.4. The van der Waals surface area contributed by atoms with Crippen molar-refractivity contribution >= 4 is 5.91 Å². The number of hydrogen-bond donors (Lipinski definition) is 12. The summed E-state index contributed by atoms with van der Waals surface area (Å²) in [7, 11) is 0. The van der Waals surface area contributed by atoms with Gasteiger partial charge in [0.2, 0.25) is 5.91 Å². The van der Waals surface area contributed by atoms with E-state index in [2.05, 4.69) is 43.5 Å². The van der Waals surface area contributed by atoms with Gasteiger partial charge in [-0.05, 0) is 51.4 Å². The van der Waals surface area contributed by atoms with Crippen molar-refractivity contribution in [2.24, 2.45) is 0 Å². The summed E-state index contributed by atoms with van der Waals surface area (Å²) in [6.45, 7) is 1.72. The molecule has 19 nitrogen and oxygen atoms in total. The minimum atomic E-state index is -1.98. The Labute approximate surface area is 549 Å². The topological polar surface area (TPSA) is 307 Å². The highest BCUT2D eigenvalue weighted by Gasteiger charge is 2.53. The fourth-order valence-electron chi connectivity index (χ4n) is 12.5. The zero-order valence-electron chi connectivity index (χ0n) is 56.6. The van der Waals surface area contributed by atoms with Crippen LogP contribution in [0.5, 0.6) is 0 Å². The molecule has 1 amide bonds. The first kappa shape index (κ1) is 83.2. The van der Waals surface area contributed by atoms with Gasteiger partial charge in [-0.1, -0.05) is 262 Å². The first-order valence-corrected chi connectivity index (χ1v) is 36.7. The maximum Gasteiger partial charge on any atom is 0.220 e. The highest BCUT2D eigenvalue weighted by atomic mass is 16.8. The number of amides is 1. The molecule has 0 aromatic rings. The van der Waals surface area contributed by atoms with Gasteiger partial charge in [-0.25, -0.2) is 0 Å². The predicted octanol–water partition coefficient (Wildman–Crippen LogP) is 10.4. The van der Waals surface area contributed by atoms with Gasteiger partial charge in [0.25, 0.3) is 0 Å². The monoisotopic (exact) mass is 1300 g/mol. The number of carbonyl (C=O) groups excluding carboxylic acids is 1. The quantitative estimate of drug-likeness (QED) is 0.0199. The van der Waals surface area contributed by atoms with E-state index in [-0.39, 0.29) is 18.9 Å². The van der Waals surface area contributed by atoms with Crippen molar-refractivity contribution in [2.75, 3.05) is 26.4 Å². The summed E-state index contributed by atoms with van der Waals surface area (Å²) < 4.78 is 34.3. The molecule has 0 bridgehead atoms. The number of ether oxygens (including phenoxy) is 6. The normalized spacial score (nSPS) is 28.0. The number of aliphatic hydroxyl groups is 11.